The summed E-state index contributed by atoms with van der Waals surface area (Å²) < 4.78 is 0. The van der Waals surface area contributed by atoms with E-state index >= 15 is 0 Å². The van der Waals surface area contributed by atoms with Gasteiger partial charge in [0.2, 0.25) is 0 Å². The number of nitro groups is 1. The Hall–Kier alpha value is -2.73. The van der Waals surface area contributed by atoms with Crippen LogP contribution in [0.2, 0.25) is 0 Å². The fourth-order valence-electron chi connectivity index (χ4n) is 3.18. The summed E-state index contributed by atoms with van der Waals surface area (Å²) in [4.78, 5) is 17.9. The number of anilines is 1. The van der Waals surface area contributed by atoms with Crippen molar-refractivity contribution in [1.82, 2.24) is 4.98 Å². The maximum atomic E-state index is 11.2. The molecule has 0 bridgehead atoms. The van der Waals surface area contributed by atoms with Crippen LogP contribution < -0.4 is 4.90 Å². The van der Waals surface area contributed by atoms with E-state index in [-0.39, 0.29) is 10.6 Å². The average molecular weight is 351 g/mol. The minimum absolute atomic E-state index is 0.106. The highest BCUT2D eigenvalue weighted by atomic mass is 32.1. The summed E-state index contributed by atoms with van der Waals surface area (Å²) in [6.45, 7) is 1.98. The van der Waals surface area contributed by atoms with Gasteiger partial charge >= 0.3 is 0 Å². The van der Waals surface area contributed by atoms with Gasteiger partial charge in [-0.1, -0.05) is 30.3 Å². The Kier molecular flexibility index (Phi) is 4.19. The fourth-order valence-corrected chi connectivity index (χ4v) is 4.04. The minimum Gasteiger partial charge on any atom is -0.371 e. The Bertz CT molecular complexity index is 902. The molecule has 0 unspecified atom stereocenters. The van der Waals surface area contributed by atoms with Crippen molar-refractivity contribution in [1.29, 1.82) is 0 Å². The molecular weight excluding hydrogens is 334 g/mol. The van der Waals surface area contributed by atoms with Gasteiger partial charge in [-0.2, -0.15) is 0 Å². The SMILES string of the molecule is O=[N+]([O-])c1ccc(N2CCCC2)c(-c2nc(-c3ccccc3)cs2)c1. The molecule has 5 nitrogen and oxygen atoms in total. The lowest BCUT2D eigenvalue weighted by Crippen LogP contribution is -2.18. The second kappa shape index (κ2) is 6.64. The zero-order chi connectivity index (χ0) is 17.2. The van der Waals surface area contributed by atoms with Crippen molar-refractivity contribution >= 4 is 22.7 Å². The first-order valence-corrected chi connectivity index (χ1v) is 9.15. The van der Waals surface area contributed by atoms with Crippen LogP contribution in [0.15, 0.2) is 53.9 Å². The molecule has 0 amide bonds. The molecule has 1 aliphatic heterocycles. The summed E-state index contributed by atoms with van der Waals surface area (Å²) >= 11 is 1.53. The maximum absolute atomic E-state index is 11.2. The van der Waals surface area contributed by atoms with Crippen LogP contribution in [0.1, 0.15) is 12.8 Å². The van der Waals surface area contributed by atoms with Crippen molar-refractivity contribution in [3.05, 3.63) is 64.0 Å². The number of hydrogen-bond donors (Lipinski definition) is 0. The van der Waals surface area contributed by atoms with Gasteiger partial charge in [0.1, 0.15) is 5.01 Å². The number of hydrogen-bond acceptors (Lipinski definition) is 5. The van der Waals surface area contributed by atoms with Crippen LogP contribution in [-0.4, -0.2) is 23.0 Å². The van der Waals surface area contributed by atoms with Gasteiger partial charge in [-0.15, -0.1) is 11.3 Å². The van der Waals surface area contributed by atoms with Crippen molar-refractivity contribution in [2.75, 3.05) is 18.0 Å². The Morgan fingerprint density at radius 1 is 1.08 bits per heavy atom. The highest BCUT2D eigenvalue weighted by Gasteiger charge is 2.21. The molecule has 25 heavy (non-hydrogen) atoms. The summed E-state index contributed by atoms with van der Waals surface area (Å²) in [5, 5.41) is 14.1. The maximum Gasteiger partial charge on any atom is 0.270 e. The van der Waals surface area contributed by atoms with E-state index in [9.17, 15) is 10.1 Å². The van der Waals surface area contributed by atoms with Crippen LogP contribution in [-0.2, 0) is 0 Å². The number of non-ortho nitro benzene ring substituents is 1. The molecule has 0 N–H and O–H groups in total. The molecule has 0 atom stereocenters. The first kappa shape index (κ1) is 15.8. The molecule has 1 saturated heterocycles. The molecule has 0 aliphatic carbocycles. The van der Waals surface area contributed by atoms with Gasteiger partial charge in [0.05, 0.1) is 10.6 Å². The van der Waals surface area contributed by atoms with Crippen LogP contribution in [0.3, 0.4) is 0 Å². The van der Waals surface area contributed by atoms with Crippen molar-refractivity contribution in [2.24, 2.45) is 0 Å². The number of thiazole rings is 1. The lowest BCUT2D eigenvalue weighted by atomic mass is 10.1. The topological polar surface area (TPSA) is 59.3 Å². The highest BCUT2D eigenvalue weighted by Crippen LogP contribution is 2.38. The van der Waals surface area contributed by atoms with Crippen LogP contribution >= 0.6 is 11.3 Å². The molecular formula is C19H17N3O2S. The van der Waals surface area contributed by atoms with Gasteiger partial charge in [-0.05, 0) is 18.9 Å². The molecule has 2 heterocycles. The predicted octanol–water partition coefficient (Wildman–Crippen LogP) is 4.99. The van der Waals surface area contributed by atoms with Gasteiger partial charge in [0, 0.05) is 47.4 Å². The van der Waals surface area contributed by atoms with Gasteiger partial charge in [0.25, 0.3) is 5.69 Å². The van der Waals surface area contributed by atoms with Crippen LogP contribution in [0.25, 0.3) is 21.8 Å². The lowest BCUT2D eigenvalue weighted by molar-refractivity contribution is -0.384. The predicted molar refractivity (Wildman–Crippen MR) is 101 cm³/mol. The van der Waals surface area contributed by atoms with Crippen molar-refractivity contribution < 1.29 is 4.92 Å². The third-order valence-electron chi connectivity index (χ3n) is 4.44. The average Bonchev–Trinajstić information content (AvgIpc) is 3.34. The lowest BCUT2D eigenvalue weighted by Gasteiger charge is -2.20. The van der Waals surface area contributed by atoms with Gasteiger partial charge < -0.3 is 4.90 Å². The van der Waals surface area contributed by atoms with E-state index in [1.54, 1.807) is 12.1 Å². The van der Waals surface area contributed by atoms with Crippen LogP contribution in [0.4, 0.5) is 11.4 Å². The minimum atomic E-state index is -0.344. The van der Waals surface area contributed by atoms with E-state index in [4.69, 9.17) is 4.98 Å². The second-order valence-electron chi connectivity index (χ2n) is 6.06. The zero-order valence-corrected chi connectivity index (χ0v) is 14.4. The molecule has 0 spiro atoms. The molecule has 2 aromatic carbocycles. The monoisotopic (exact) mass is 351 g/mol. The normalized spacial score (nSPS) is 14.0. The number of nitrogens with zero attached hydrogens (tertiary/aromatic N) is 3. The zero-order valence-electron chi connectivity index (χ0n) is 13.6. The molecule has 1 fully saturated rings. The molecule has 0 saturated carbocycles. The van der Waals surface area contributed by atoms with E-state index < -0.39 is 0 Å². The first-order chi connectivity index (χ1) is 12.2. The van der Waals surface area contributed by atoms with Gasteiger partial charge in [0.15, 0.2) is 0 Å². The van der Waals surface area contributed by atoms with Crippen molar-refractivity contribution in [3.63, 3.8) is 0 Å². The van der Waals surface area contributed by atoms with Crippen molar-refractivity contribution in [2.45, 2.75) is 12.8 Å². The third kappa shape index (κ3) is 3.13. The smallest absolute Gasteiger partial charge is 0.270 e. The standard InChI is InChI=1S/C19H17N3O2S/c23-22(24)15-8-9-18(21-10-4-5-11-21)16(12-15)19-20-17(13-25-19)14-6-2-1-3-7-14/h1-3,6-9,12-13H,4-5,10-11H2. The largest absolute Gasteiger partial charge is 0.371 e. The van der Waals surface area contributed by atoms with E-state index in [1.807, 2.05) is 41.8 Å². The van der Waals surface area contributed by atoms with Crippen LogP contribution in [0.5, 0.6) is 0 Å². The van der Waals surface area contributed by atoms with E-state index in [2.05, 4.69) is 4.90 Å². The molecule has 1 aromatic heterocycles. The molecule has 1 aliphatic rings. The quantitative estimate of drug-likeness (QED) is 0.491. The number of benzene rings is 2. The molecule has 6 heteroatoms. The Labute approximate surface area is 149 Å². The second-order valence-corrected chi connectivity index (χ2v) is 6.91. The summed E-state index contributed by atoms with van der Waals surface area (Å²) in [5.74, 6) is 0. The summed E-state index contributed by atoms with van der Waals surface area (Å²) in [7, 11) is 0. The van der Waals surface area contributed by atoms with E-state index in [0.717, 1.165) is 53.4 Å². The summed E-state index contributed by atoms with van der Waals surface area (Å²) in [6.07, 6.45) is 2.31. The highest BCUT2D eigenvalue weighted by molar-refractivity contribution is 7.13. The summed E-state index contributed by atoms with van der Waals surface area (Å²) in [6, 6.07) is 15.1. The Morgan fingerprint density at radius 3 is 2.56 bits per heavy atom. The molecule has 126 valence electrons. The number of rotatable bonds is 4. The fraction of sp³-hybridized carbons (Fsp3) is 0.211. The molecule has 4 rings (SSSR count). The third-order valence-corrected chi connectivity index (χ3v) is 5.32. The van der Waals surface area contributed by atoms with E-state index in [0.29, 0.717) is 0 Å². The van der Waals surface area contributed by atoms with Gasteiger partial charge in [-0.25, -0.2) is 4.98 Å². The van der Waals surface area contributed by atoms with E-state index in [1.165, 1.54) is 11.3 Å². The van der Waals surface area contributed by atoms with Crippen LogP contribution in [0, 0.1) is 10.1 Å². The summed E-state index contributed by atoms with van der Waals surface area (Å²) in [5.41, 5.74) is 3.95. The number of aromatic nitrogens is 1. The Morgan fingerprint density at radius 2 is 1.84 bits per heavy atom. The first-order valence-electron chi connectivity index (χ1n) is 8.27. The van der Waals surface area contributed by atoms with Gasteiger partial charge in [-0.3, -0.25) is 10.1 Å². The van der Waals surface area contributed by atoms with Crippen molar-refractivity contribution in [3.8, 4) is 21.8 Å². The molecule has 0 radical (unpaired) electrons. The number of nitro benzene ring substituents is 1. The molecule has 3 aromatic rings. The Balaban J connectivity index is 1.79.